The molecule has 0 fully saturated rings. The molecule has 3 heteroatoms. The van der Waals surface area contributed by atoms with Gasteiger partial charge in [-0.2, -0.15) is 0 Å². The van der Waals surface area contributed by atoms with Crippen LogP contribution in [0.15, 0.2) is 55.0 Å². The lowest BCUT2D eigenvalue weighted by Gasteiger charge is -2.28. The normalized spacial score (nSPS) is 14.1. The van der Waals surface area contributed by atoms with E-state index in [1.54, 1.807) is 6.08 Å². The van der Waals surface area contributed by atoms with Gasteiger partial charge in [-0.3, -0.25) is 0 Å². The Morgan fingerprint density at radius 3 is 2.56 bits per heavy atom. The first-order chi connectivity index (χ1) is 8.48. The van der Waals surface area contributed by atoms with Gasteiger partial charge in [0.15, 0.2) is 0 Å². The van der Waals surface area contributed by atoms with E-state index in [4.69, 9.17) is 4.74 Å². The molecule has 1 N–H and O–H groups in total. The standard InChI is InChI=1S/C15H22O2Si/c1-5-11-17-15(16)12-13(2)18(3,4)14-9-7-6-8-10-14/h5-10,12-13,16H,1,11H2,2-4H3/b15-12-. The summed E-state index contributed by atoms with van der Waals surface area (Å²) in [5.41, 5.74) is 0.296. The predicted molar refractivity (Wildman–Crippen MR) is 79.8 cm³/mol. The maximum absolute atomic E-state index is 9.67. The van der Waals surface area contributed by atoms with Gasteiger partial charge in [-0.25, -0.2) is 0 Å². The molecule has 0 radical (unpaired) electrons. The number of benzene rings is 1. The number of rotatable bonds is 6. The summed E-state index contributed by atoms with van der Waals surface area (Å²) < 4.78 is 5.11. The minimum Gasteiger partial charge on any atom is -0.481 e. The highest BCUT2D eigenvalue weighted by atomic mass is 28.3. The second kappa shape index (κ2) is 6.45. The summed E-state index contributed by atoms with van der Waals surface area (Å²) in [4.78, 5) is 0. The molecule has 0 saturated heterocycles. The smallest absolute Gasteiger partial charge is 0.272 e. The molecule has 0 bridgehead atoms. The molecule has 0 aliphatic rings. The van der Waals surface area contributed by atoms with Crippen LogP contribution in [0.1, 0.15) is 6.92 Å². The Kier molecular flexibility index (Phi) is 5.22. The Morgan fingerprint density at radius 2 is 2.00 bits per heavy atom. The van der Waals surface area contributed by atoms with Crippen LogP contribution in [-0.4, -0.2) is 19.8 Å². The fraction of sp³-hybridized carbons (Fsp3) is 0.333. The van der Waals surface area contributed by atoms with Crippen molar-refractivity contribution >= 4 is 13.3 Å². The molecule has 0 aliphatic heterocycles. The SMILES string of the molecule is C=CCO/C(O)=C\C(C)[Si](C)(C)c1ccccc1. The second-order valence-corrected chi connectivity index (χ2v) is 9.91. The quantitative estimate of drug-likeness (QED) is 0.482. The summed E-state index contributed by atoms with van der Waals surface area (Å²) in [6, 6.07) is 10.5. The van der Waals surface area contributed by atoms with E-state index in [-0.39, 0.29) is 5.95 Å². The largest absolute Gasteiger partial charge is 0.481 e. The molecule has 0 spiro atoms. The fourth-order valence-corrected chi connectivity index (χ4v) is 3.88. The van der Waals surface area contributed by atoms with Crippen LogP contribution in [-0.2, 0) is 4.74 Å². The van der Waals surface area contributed by atoms with Gasteiger partial charge >= 0.3 is 0 Å². The number of aliphatic hydroxyl groups excluding tert-OH is 1. The van der Waals surface area contributed by atoms with E-state index in [0.29, 0.717) is 12.1 Å². The number of ether oxygens (including phenoxy) is 1. The van der Waals surface area contributed by atoms with Crippen molar-refractivity contribution in [3.05, 3.63) is 55.0 Å². The van der Waals surface area contributed by atoms with Gasteiger partial charge in [-0.1, -0.05) is 68.2 Å². The van der Waals surface area contributed by atoms with Crippen LogP contribution in [0.25, 0.3) is 0 Å². The van der Waals surface area contributed by atoms with Crippen molar-refractivity contribution < 1.29 is 9.84 Å². The number of aliphatic hydroxyl groups is 1. The predicted octanol–water partition coefficient (Wildman–Crippen LogP) is 3.59. The van der Waals surface area contributed by atoms with Gasteiger partial charge in [-0.05, 0) is 11.6 Å². The first-order valence-electron chi connectivity index (χ1n) is 6.18. The van der Waals surface area contributed by atoms with Gasteiger partial charge in [0, 0.05) is 0 Å². The van der Waals surface area contributed by atoms with Crippen molar-refractivity contribution in [2.75, 3.05) is 6.61 Å². The third-order valence-electron chi connectivity index (χ3n) is 3.40. The Hall–Kier alpha value is -1.48. The van der Waals surface area contributed by atoms with Gasteiger partial charge in [-0.15, -0.1) is 0 Å². The fourth-order valence-electron chi connectivity index (χ4n) is 1.75. The van der Waals surface area contributed by atoms with Gasteiger partial charge in [0.2, 0.25) is 0 Å². The number of allylic oxidation sites excluding steroid dienone is 1. The molecule has 1 atom stereocenters. The first kappa shape index (κ1) is 14.6. The van der Waals surface area contributed by atoms with Crippen molar-refractivity contribution in [2.24, 2.45) is 0 Å². The molecule has 0 heterocycles. The van der Waals surface area contributed by atoms with Crippen molar-refractivity contribution in [1.82, 2.24) is 0 Å². The molecule has 1 aromatic carbocycles. The minimum absolute atomic E-state index is 0.00101. The van der Waals surface area contributed by atoms with E-state index < -0.39 is 8.07 Å². The summed E-state index contributed by atoms with van der Waals surface area (Å²) in [6.07, 6.45) is 3.43. The minimum atomic E-state index is -1.63. The van der Waals surface area contributed by atoms with Crippen LogP contribution in [0.2, 0.25) is 18.6 Å². The van der Waals surface area contributed by atoms with Crippen molar-refractivity contribution in [3.63, 3.8) is 0 Å². The second-order valence-electron chi connectivity index (χ2n) is 4.98. The van der Waals surface area contributed by atoms with E-state index in [0.717, 1.165) is 0 Å². The molecular weight excluding hydrogens is 240 g/mol. The highest BCUT2D eigenvalue weighted by Gasteiger charge is 2.29. The number of hydrogen-bond donors (Lipinski definition) is 1. The summed E-state index contributed by atoms with van der Waals surface area (Å²) in [7, 11) is -1.63. The van der Waals surface area contributed by atoms with Crippen molar-refractivity contribution in [1.29, 1.82) is 0 Å². The van der Waals surface area contributed by atoms with Crippen molar-refractivity contribution in [3.8, 4) is 0 Å². The van der Waals surface area contributed by atoms with Crippen LogP contribution in [0.4, 0.5) is 0 Å². The molecule has 2 nitrogen and oxygen atoms in total. The Balaban J connectivity index is 2.82. The summed E-state index contributed by atoms with van der Waals surface area (Å²) in [5.74, 6) is -0.00101. The summed E-state index contributed by atoms with van der Waals surface area (Å²) in [6.45, 7) is 10.6. The lowest BCUT2D eigenvalue weighted by Crippen LogP contribution is -2.44. The Bertz CT molecular complexity index is 410. The maximum Gasteiger partial charge on any atom is 0.272 e. The average Bonchev–Trinajstić information content (AvgIpc) is 2.37. The third-order valence-corrected chi connectivity index (χ3v) is 7.66. The summed E-state index contributed by atoms with van der Waals surface area (Å²) >= 11 is 0. The van der Waals surface area contributed by atoms with Gasteiger partial charge in [0.05, 0.1) is 8.07 Å². The lowest BCUT2D eigenvalue weighted by molar-refractivity contribution is 0.111. The van der Waals surface area contributed by atoms with E-state index in [1.807, 2.05) is 12.1 Å². The van der Waals surface area contributed by atoms with Crippen LogP contribution in [0.3, 0.4) is 0 Å². The molecule has 98 valence electrons. The number of hydrogen-bond acceptors (Lipinski definition) is 2. The molecule has 1 unspecified atom stereocenters. The highest BCUT2D eigenvalue weighted by Crippen LogP contribution is 2.23. The summed E-state index contributed by atoms with van der Waals surface area (Å²) in [5, 5.41) is 11.1. The molecule has 1 aromatic rings. The third kappa shape index (κ3) is 3.77. The zero-order chi connectivity index (χ0) is 13.6. The zero-order valence-electron chi connectivity index (χ0n) is 11.4. The Labute approximate surface area is 111 Å². The van der Waals surface area contributed by atoms with Gasteiger partial charge < -0.3 is 9.84 Å². The Morgan fingerprint density at radius 1 is 1.39 bits per heavy atom. The maximum atomic E-state index is 9.67. The van der Waals surface area contributed by atoms with Crippen LogP contribution in [0.5, 0.6) is 0 Å². The monoisotopic (exact) mass is 262 g/mol. The molecule has 1 rings (SSSR count). The molecule has 0 amide bonds. The van der Waals surface area contributed by atoms with E-state index in [1.165, 1.54) is 5.19 Å². The average molecular weight is 262 g/mol. The molecule has 0 aliphatic carbocycles. The van der Waals surface area contributed by atoms with Gasteiger partial charge in [0.1, 0.15) is 6.61 Å². The molecular formula is C15H22O2Si. The zero-order valence-corrected chi connectivity index (χ0v) is 12.4. The van der Waals surface area contributed by atoms with E-state index in [2.05, 4.69) is 50.9 Å². The molecule has 18 heavy (non-hydrogen) atoms. The van der Waals surface area contributed by atoms with E-state index >= 15 is 0 Å². The molecule has 0 saturated carbocycles. The molecule has 0 aromatic heterocycles. The van der Waals surface area contributed by atoms with Gasteiger partial charge in [0.25, 0.3) is 5.95 Å². The van der Waals surface area contributed by atoms with Crippen LogP contribution >= 0.6 is 0 Å². The van der Waals surface area contributed by atoms with E-state index in [9.17, 15) is 5.11 Å². The van der Waals surface area contributed by atoms with Crippen LogP contribution < -0.4 is 5.19 Å². The topological polar surface area (TPSA) is 29.5 Å². The van der Waals surface area contributed by atoms with Crippen LogP contribution in [0, 0.1) is 0 Å². The lowest BCUT2D eigenvalue weighted by atomic mass is 10.4. The highest BCUT2D eigenvalue weighted by molar-refractivity contribution is 6.91. The first-order valence-corrected chi connectivity index (χ1v) is 9.26. The van der Waals surface area contributed by atoms with Crippen molar-refractivity contribution in [2.45, 2.75) is 25.6 Å².